The molecule has 0 bridgehead atoms. The molecule has 1 aromatic heterocycles. The smallest absolute Gasteiger partial charge is 0.313 e. The van der Waals surface area contributed by atoms with E-state index in [0.29, 0.717) is 18.6 Å². The van der Waals surface area contributed by atoms with Gasteiger partial charge in [-0.25, -0.2) is 4.98 Å². The zero-order valence-electron chi connectivity index (χ0n) is 33.5. The quantitative estimate of drug-likeness (QED) is 0.0723. The van der Waals surface area contributed by atoms with E-state index in [4.69, 9.17) is 18.9 Å². The Morgan fingerprint density at radius 2 is 1.42 bits per heavy atom. The molecule has 0 amide bonds. The minimum absolute atomic E-state index is 0.205. The van der Waals surface area contributed by atoms with E-state index in [0.717, 1.165) is 5.03 Å². The maximum absolute atomic E-state index is 14.4. The summed E-state index contributed by atoms with van der Waals surface area (Å²) in [6, 6.07) is 5.68. The van der Waals surface area contributed by atoms with Crippen molar-refractivity contribution in [3.63, 3.8) is 0 Å². The molecule has 1 aliphatic carbocycles. The van der Waals surface area contributed by atoms with Crippen LogP contribution in [-0.2, 0) is 28.5 Å². The third kappa shape index (κ3) is 9.67. The minimum Gasteiger partial charge on any atom is -0.464 e. The highest BCUT2D eigenvalue weighted by Gasteiger charge is 2.76. The second-order valence-corrected chi connectivity index (χ2v) is 20.6. The average Bonchev–Trinajstić information content (AvgIpc) is 3.74. The Bertz CT molecular complexity index is 1440. The number of hydrogen-bond acceptors (Lipinski definition) is 16. The Morgan fingerprint density at radius 1 is 0.873 bits per heavy atom. The van der Waals surface area contributed by atoms with Crippen LogP contribution in [0.25, 0.3) is 0 Å². The molecule has 13 atom stereocenters. The fourth-order valence-corrected chi connectivity index (χ4v) is 10.8. The molecule has 3 unspecified atom stereocenters. The molecule has 314 valence electrons. The highest BCUT2D eigenvalue weighted by Crippen LogP contribution is 2.75. The molecule has 3 aliphatic rings. The molecule has 55 heavy (non-hydrogen) atoms. The molecule has 2 saturated heterocycles. The van der Waals surface area contributed by atoms with E-state index < -0.39 is 102 Å². The lowest BCUT2D eigenvalue weighted by Gasteiger charge is -2.49. The van der Waals surface area contributed by atoms with Gasteiger partial charge < -0.3 is 54.7 Å². The number of carbonyl (C=O) groups is 2. The monoisotopic (exact) mass is 817 g/mol. The molecule has 2 aliphatic heterocycles. The molecule has 1 saturated carbocycles. The molecule has 1 aromatic rings. The van der Waals surface area contributed by atoms with Crippen LogP contribution in [0.5, 0.6) is 0 Å². The van der Waals surface area contributed by atoms with Crippen LogP contribution in [0.3, 0.4) is 0 Å². The van der Waals surface area contributed by atoms with Crippen molar-refractivity contribution in [2.24, 2.45) is 33.0 Å². The summed E-state index contributed by atoms with van der Waals surface area (Å²) in [5.74, 6) is -0.715. The zero-order chi connectivity index (χ0) is 41.3. The summed E-state index contributed by atoms with van der Waals surface area (Å²) in [5, 5.41) is 73.8. The van der Waals surface area contributed by atoms with Crippen molar-refractivity contribution in [2.75, 3.05) is 25.6 Å². The van der Waals surface area contributed by atoms with E-state index in [9.17, 15) is 45.3 Å². The number of esters is 2. The van der Waals surface area contributed by atoms with E-state index in [2.05, 4.69) is 25.8 Å². The van der Waals surface area contributed by atoms with Crippen molar-refractivity contribution in [2.45, 2.75) is 148 Å². The van der Waals surface area contributed by atoms with E-state index in [-0.39, 0.29) is 30.3 Å². The molecular weight excluding hydrogens is 755 g/mol. The Labute approximate surface area is 332 Å². The van der Waals surface area contributed by atoms with Gasteiger partial charge in [0.1, 0.15) is 67.1 Å². The van der Waals surface area contributed by atoms with Crippen LogP contribution in [0.2, 0.25) is 0 Å². The minimum atomic E-state index is -1.72. The summed E-state index contributed by atoms with van der Waals surface area (Å²) in [6.07, 6.45) is -12.4. The molecule has 0 aromatic carbocycles. The van der Waals surface area contributed by atoms with E-state index in [1.54, 1.807) is 17.0 Å². The number of carbonyl (C=O) groups excluding carboxylic acids is 2. The van der Waals surface area contributed by atoms with Gasteiger partial charge in [0.25, 0.3) is 0 Å². The lowest BCUT2D eigenvalue weighted by Crippen LogP contribution is -2.62. The van der Waals surface area contributed by atoms with Crippen LogP contribution >= 0.6 is 21.6 Å². The van der Waals surface area contributed by atoms with Gasteiger partial charge in [-0.3, -0.25) is 9.59 Å². The topological polar surface area (TPSA) is 226 Å². The SMILES string of the molecule is CC(C(C)(CC(C)(C)C)C(=O)OCCSSc1ccccn1)C(C)(C)C1(C(=O)OC[C@H]2O[C@H](C[C@H]3O[C@H](CO)[C@@H](O)[C@H](O)[C@H]3O)[C@H](O)[C@@H](O)[C@@H]2O)CC1(C)C. The number of rotatable bonds is 16. The van der Waals surface area contributed by atoms with E-state index >= 15 is 0 Å². The van der Waals surface area contributed by atoms with Gasteiger partial charge in [-0.15, -0.1) is 0 Å². The largest absolute Gasteiger partial charge is 0.464 e. The van der Waals surface area contributed by atoms with Gasteiger partial charge in [0, 0.05) is 18.4 Å². The third-order valence-corrected chi connectivity index (χ3v) is 14.6. The third-order valence-electron chi connectivity index (χ3n) is 12.4. The van der Waals surface area contributed by atoms with E-state index in [1.807, 2.05) is 59.7 Å². The first-order chi connectivity index (χ1) is 25.4. The van der Waals surface area contributed by atoms with E-state index in [1.165, 1.54) is 10.8 Å². The maximum atomic E-state index is 14.4. The van der Waals surface area contributed by atoms with Gasteiger partial charge in [0.05, 0.1) is 29.6 Å². The van der Waals surface area contributed by atoms with Crippen molar-refractivity contribution in [3.8, 4) is 0 Å². The summed E-state index contributed by atoms with van der Waals surface area (Å²) in [6.45, 7) is 17.1. The van der Waals surface area contributed by atoms with Gasteiger partial charge in [-0.05, 0) is 64.9 Å². The highest BCUT2D eigenvalue weighted by atomic mass is 33.1. The van der Waals surface area contributed by atoms with Gasteiger partial charge >= 0.3 is 11.9 Å². The predicted octanol–water partition coefficient (Wildman–Crippen LogP) is 2.51. The molecule has 3 heterocycles. The number of hydrogen-bond donors (Lipinski definition) is 7. The van der Waals surface area contributed by atoms with Crippen molar-refractivity contribution in [1.29, 1.82) is 0 Å². The fourth-order valence-electron chi connectivity index (χ4n) is 9.08. The van der Waals surface area contributed by atoms with Crippen molar-refractivity contribution >= 4 is 33.5 Å². The summed E-state index contributed by atoms with van der Waals surface area (Å²) in [5.41, 5.74) is -3.65. The maximum Gasteiger partial charge on any atom is 0.313 e. The van der Waals surface area contributed by atoms with Crippen LogP contribution in [0.4, 0.5) is 0 Å². The Morgan fingerprint density at radius 3 is 1.93 bits per heavy atom. The lowest BCUT2D eigenvalue weighted by molar-refractivity contribution is -0.263. The van der Waals surface area contributed by atoms with Crippen LogP contribution < -0.4 is 0 Å². The lowest BCUT2D eigenvalue weighted by atomic mass is 9.54. The first-order valence-corrected chi connectivity index (χ1v) is 21.3. The predicted molar refractivity (Wildman–Crippen MR) is 205 cm³/mol. The van der Waals surface area contributed by atoms with Crippen molar-refractivity contribution < 1.29 is 64.3 Å². The second-order valence-electron chi connectivity index (χ2n) is 18.2. The number of ether oxygens (including phenoxy) is 4. The fraction of sp³-hybridized carbons (Fsp3) is 0.821. The van der Waals surface area contributed by atoms with Crippen molar-refractivity contribution in [1.82, 2.24) is 4.98 Å². The van der Waals surface area contributed by atoms with Crippen LogP contribution in [-0.4, -0.2) is 139 Å². The number of aliphatic hydroxyl groups excluding tert-OH is 7. The first kappa shape index (κ1) is 46.1. The molecule has 3 fully saturated rings. The van der Waals surface area contributed by atoms with Crippen LogP contribution in [0, 0.1) is 33.0 Å². The Hall–Kier alpha value is -1.57. The van der Waals surface area contributed by atoms with Gasteiger partial charge in [0.2, 0.25) is 0 Å². The van der Waals surface area contributed by atoms with Crippen LogP contribution in [0.1, 0.15) is 81.6 Å². The van der Waals surface area contributed by atoms with Crippen molar-refractivity contribution in [3.05, 3.63) is 24.4 Å². The zero-order valence-corrected chi connectivity index (χ0v) is 35.1. The standard InChI is InChI=1S/C39H63NO13S2/c1-21(38(9,19-35(2,3)4)33(48)50-14-15-54-55-26-12-10-11-13-40-26)37(7,8)39(20-36(39,5)6)34(49)51-18-25-30(45)32(47)28(43)23(53-25)16-22-27(42)31(46)29(44)24(17-41)52-22/h10-13,21-25,27-32,41-47H,14-20H2,1-9H3/t21?,22-,23-,24-,25-,27+,28+,29-,30-,31-,32-,38?,39?/m1/s1. The van der Waals surface area contributed by atoms with Crippen LogP contribution in [0.15, 0.2) is 29.4 Å². The highest BCUT2D eigenvalue weighted by molar-refractivity contribution is 8.76. The molecule has 0 radical (unpaired) electrons. The summed E-state index contributed by atoms with van der Waals surface area (Å²) in [7, 11) is 3.05. The normalized spacial score (nSPS) is 35.3. The summed E-state index contributed by atoms with van der Waals surface area (Å²) < 4.78 is 23.4. The molecule has 7 N–H and O–H groups in total. The first-order valence-electron chi connectivity index (χ1n) is 19.0. The van der Waals surface area contributed by atoms with Gasteiger partial charge in [0.15, 0.2) is 0 Å². The Kier molecular flexibility index (Phi) is 14.9. The number of nitrogens with zero attached hydrogens (tertiary/aromatic N) is 1. The molecular formula is C39H63NO13S2. The average molecular weight is 818 g/mol. The van der Waals surface area contributed by atoms with Gasteiger partial charge in [-0.1, -0.05) is 72.3 Å². The summed E-state index contributed by atoms with van der Waals surface area (Å²) in [4.78, 5) is 32.8. The molecule has 16 heteroatoms. The molecule has 0 spiro atoms. The molecule has 14 nitrogen and oxygen atoms in total. The number of aliphatic hydroxyl groups is 7. The number of pyridine rings is 1. The Balaban J connectivity index is 1.47. The van der Waals surface area contributed by atoms with Gasteiger partial charge in [-0.2, -0.15) is 0 Å². The second kappa shape index (κ2) is 17.7. The summed E-state index contributed by atoms with van der Waals surface area (Å²) >= 11 is 0. The number of aromatic nitrogens is 1. The molecule has 4 rings (SSSR count).